The minimum absolute atomic E-state index is 0.158. The number of anilines is 1. The molecular formula is C16H20N4O3. The van der Waals surface area contributed by atoms with E-state index in [0.717, 1.165) is 5.56 Å². The number of benzene rings is 1. The van der Waals surface area contributed by atoms with Gasteiger partial charge in [0, 0.05) is 13.7 Å². The lowest BCUT2D eigenvalue weighted by Gasteiger charge is -2.24. The second kappa shape index (κ2) is 6.89. The lowest BCUT2D eigenvalue weighted by molar-refractivity contribution is -0.128. The number of rotatable bonds is 6. The second-order valence-corrected chi connectivity index (χ2v) is 5.72. The van der Waals surface area contributed by atoms with E-state index in [2.05, 4.69) is 15.4 Å². The summed E-state index contributed by atoms with van der Waals surface area (Å²) in [5, 5.41) is 7.07. The average Bonchev–Trinajstić information content (AvgIpc) is 3.19. The summed E-state index contributed by atoms with van der Waals surface area (Å²) in [7, 11) is 1.58. The van der Waals surface area contributed by atoms with Crippen LogP contribution in [-0.4, -0.2) is 47.6 Å². The molecule has 1 aromatic heterocycles. The van der Waals surface area contributed by atoms with E-state index >= 15 is 0 Å². The molecule has 7 nitrogen and oxygen atoms in total. The van der Waals surface area contributed by atoms with Gasteiger partial charge in [-0.15, -0.1) is 5.10 Å². The van der Waals surface area contributed by atoms with Crippen molar-refractivity contribution in [2.45, 2.75) is 13.0 Å². The Kier molecular flexibility index (Phi) is 4.68. The molecular weight excluding hydrogens is 296 g/mol. The lowest BCUT2D eigenvalue weighted by Crippen LogP contribution is -2.40. The van der Waals surface area contributed by atoms with E-state index < -0.39 is 5.41 Å². The van der Waals surface area contributed by atoms with Gasteiger partial charge in [0.2, 0.25) is 11.9 Å². The number of nitrogens with one attached hydrogen (secondary N) is 1. The van der Waals surface area contributed by atoms with Gasteiger partial charge in [0.05, 0.1) is 25.2 Å². The fourth-order valence-electron chi connectivity index (χ4n) is 2.67. The van der Waals surface area contributed by atoms with Crippen LogP contribution in [0, 0.1) is 5.41 Å². The number of carbonyl (C=O) groups is 1. The molecule has 1 amide bonds. The largest absolute Gasteiger partial charge is 0.383 e. The Bertz CT molecular complexity index is 650. The topological polar surface area (TPSA) is 78.3 Å². The van der Waals surface area contributed by atoms with Crippen LogP contribution in [0.2, 0.25) is 0 Å². The molecule has 1 aromatic carbocycles. The van der Waals surface area contributed by atoms with Crippen LogP contribution in [0.25, 0.3) is 0 Å². The van der Waals surface area contributed by atoms with Crippen molar-refractivity contribution in [2.75, 3.05) is 32.2 Å². The summed E-state index contributed by atoms with van der Waals surface area (Å²) in [6, 6.07) is 9.95. The van der Waals surface area contributed by atoms with Crippen LogP contribution >= 0.6 is 0 Å². The number of methoxy groups -OCH3 is 1. The molecule has 1 aliphatic rings. The van der Waals surface area contributed by atoms with Crippen LogP contribution in [0.5, 0.6) is 0 Å². The van der Waals surface area contributed by atoms with E-state index in [1.165, 1.54) is 0 Å². The van der Waals surface area contributed by atoms with Crippen molar-refractivity contribution >= 4 is 11.9 Å². The van der Waals surface area contributed by atoms with Crippen LogP contribution in [0.4, 0.5) is 5.95 Å². The van der Waals surface area contributed by atoms with Crippen LogP contribution in [0.3, 0.4) is 0 Å². The maximum absolute atomic E-state index is 12.5. The van der Waals surface area contributed by atoms with Crippen LogP contribution < -0.4 is 5.32 Å². The predicted molar refractivity (Wildman–Crippen MR) is 83.9 cm³/mol. The molecule has 1 saturated heterocycles. The van der Waals surface area contributed by atoms with Gasteiger partial charge in [-0.05, 0) is 12.0 Å². The monoisotopic (exact) mass is 316 g/mol. The standard InChI is InChI=1S/C16H20N4O3/c1-22-10-16(7-8-23-11-16)14(21)18-15-17-12-20(19-15)9-13-5-3-2-4-6-13/h2-6,12H,7-11H2,1H3,(H,18,19,21). The molecule has 122 valence electrons. The molecule has 2 aromatic rings. The van der Waals surface area contributed by atoms with Crippen LogP contribution in [0.15, 0.2) is 36.7 Å². The predicted octanol–water partition coefficient (Wildman–Crippen LogP) is 1.32. The summed E-state index contributed by atoms with van der Waals surface area (Å²) in [6.45, 7) is 1.85. The average molecular weight is 316 g/mol. The molecule has 1 N–H and O–H groups in total. The summed E-state index contributed by atoms with van der Waals surface area (Å²) in [5.74, 6) is 0.141. The van der Waals surface area contributed by atoms with Crippen LogP contribution in [0.1, 0.15) is 12.0 Å². The highest BCUT2D eigenvalue weighted by Gasteiger charge is 2.42. The van der Waals surface area contributed by atoms with Crippen LogP contribution in [-0.2, 0) is 20.8 Å². The van der Waals surface area contributed by atoms with Crippen molar-refractivity contribution < 1.29 is 14.3 Å². The maximum Gasteiger partial charge on any atom is 0.248 e. The highest BCUT2D eigenvalue weighted by atomic mass is 16.5. The second-order valence-electron chi connectivity index (χ2n) is 5.72. The highest BCUT2D eigenvalue weighted by Crippen LogP contribution is 2.30. The summed E-state index contributed by atoms with van der Waals surface area (Å²) in [4.78, 5) is 16.7. The molecule has 3 rings (SSSR count). The molecule has 23 heavy (non-hydrogen) atoms. The van der Waals surface area contributed by atoms with Crippen molar-refractivity contribution in [3.05, 3.63) is 42.2 Å². The Hall–Kier alpha value is -2.25. The van der Waals surface area contributed by atoms with Gasteiger partial charge in [0.15, 0.2) is 0 Å². The SMILES string of the molecule is COCC1(C(=O)Nc2ncn(Cc3ccccc3)n2)CCOC1. The summed E-state index contributed by atoms with van der Waals surface area (Å²) in [5.41, 5.74) is 0.468. The molecule has 0 aliphatic carbocycles. The van der Waals surface area contributed by atoms with Gasteiger partial charge in [-0.3, -0.25) is 10.1 Å². The van der Waals surface area contributed by atoms with Crippen molar-refractivity contribution in [2.24, 2.45) is 5.41 Å². The van der Waals surface area contributed by atoms with Crippen molar-refractivity contribution in [3.63, 3.8) is 0 Å². The fourth-order valence-corrected chi connectivity index (χ4v) is 2.67. The summed E-state index contributed by atoms with van der Waals surface area (Å²) in [6.07, 6.45) is 2.24. The Morgan fingerprint density at radius 2 is 2.26 bits per heavy atom. The number of hydrogen-bond acceptors (Lipinski definition) is 5. The van der Waals surface area contributed by atoms with Crippen molar-refractivity contribution in [1.29, 1.82) is 0 Å². The maximum atomic E-state index is 12.5. The number of hydrogen-bond donors (Lipinski definition) is 1. The van der Waals surface area contributed by atoms with E-state index in [1.807, 2.05) is 30.3 Å². The van der Waals surface area contributed by atoms with Crippen molar-refractivity contribution in [1.82, 2.24) is 14.8 Å². The normalized spacial score (nSPS) is 20.6. The molecule has 0 radical (unpaired) electrons. The summed E-state index contributed by atoms with van der Waals surface area (Å²) >= 11 is 0. The third-order valence-electron chi connectivity index (χ3n) is 3.95. The number of ether oxygens (including phenoxy) is 2. The number of amides is 1. The number of aromatic nitrogens is 3. The minimum Gasteiger partial charge on any atom is -0.383 e. The zero-order chi connectivity index (χ0) is 16.1. The Morgan fingerprint density at radius 3 is 2.96 bits per heavy atom. The molecule has 1 fully saturated rings. The van der Waals surface area contributed by atoms with Gasteiger partial charge in [-0.25, -0.2) is 9.67 Å². The zero-order valence-electron chi connectivity index (χ0n) is 13.1. The lowest BCUT2D eigenvalue weighted by atomic mass is 9.87. The summed E-state index contributed by atoms with van der Waals surface area (Å²) < 4.78 is 12.2. The first-order valence-corrected chi connectivity index (χ1v) is 7.53. The first kappa shape index (κ1) is 15.6. The molecule has 1 atom stereocenters. The third-order valence-corrected chi connectivity index (χ3v) is 3.95. The van der Waals surface area contributed by atoms with E-state index in [1.54, 1.807) is 18.1 Å². The minimum atomic E-state index is -0.653. The smallest absolute Gasteiger partial charge is 0.248 e. The Morgan fingerprint density at radius 1 is 1.43 bits per heavy atom. The van der Waals surface area contributed by atoms with Crippen molar-refractivity contribution in [3.8, 4) is 0 Å². The third kappa shape index (κ3) is 3.57. The molecule has 1 aliphatic heterocycles. The first-order chi connectivity index (χ1) is 11.2. The molecule has 1 unspecified atom stereocenters. The van der Waals surface area contributed by atoms with E-state index in [9.17, 15) is 4.79 Å². The van der Waals surface area contributed by atoms with E-state index in [4.69, 9.17) is 9.47 Å². The molecule has 7 heteroatoms. The Balaban J connectivity index is 1.65. The van der Waals surface area contributed by atoms with Gasteiger partial charge in [-0.1, -0.05) is 30.3 Å². The number of carbonyl (C=O) groups excluding carboxylic acids is 1. The van der Waals surface area contributed by atoms with Gasteiger partial charge < -0.3 is 9.47 Å². The molecule has 0 saturated carbocycles. The fraction of sp³-hybridized carbons (Fsp3) is 0.438. The first-order valence-electron chi connectivity index (χ1n) is 7.53. The van der Waals surface area contributed by atoms with Gasteiger partial charge in [0.25, 0.3) is 0 Å². The zero-order valence-corrected chi connectivity index (χ0v) is 13.1. The van der Waals surface area contributed by atoms with E-state index in [0.29, 0.717) is 38.7 Å². The van der Waals surface area contributed by atoms with Gasteiger partial charge >= 0.3 is 0 Å². The number of nitrogens with zero attached hydrogens (tertiary/aromatic N) is 3. The molecule has 0 spiro atoms. The quantitative estimate of drug-likeness (QED) is 0.869. The molecule has 2 heterocycles. The van der Waals surface area contributed by atoms with Gasteiger partial charge in [-0.2, -0.15) is 0 Å². The Labute approximate surface area is 134 Å². The van der Waals surface area contributed by atoms with E-state index in [-0.39, 0.29) is 5.91 Å². The van der Waals surface area contributed by atoms with Gasteiger partial charge in [0.1, 0.15) is 6.33 Å². The highest BCUT2D eigenvalue weighted by molar-refractivity contribution is 5.94. The molecule has 0 bridgehead atoms.